The van der Waals surface area contributed by atoms with E-state index in [0.717, 1.165) is 31.5 Å². The number of aromatic hydroxyl groups is 1. The summed E-state index contributed by atoms with van der Waals surface area (Å²) in [4.78, 5) is 17.1. The molecule has 1 aliphatic heterocycles. The SMILES string of the molecule is CCn1cc2nc(OC)c(CNC(=O)c3cnn4c3CCCC4)cc2c1O. The Kier molecular flexibility index (Phi) is 4.47. The topological polar surface area (TPSA) is 94.2 Å². The maximum Gasteiger partial charge on any atom is 0.255 e. The van der Waals surface area contributed by atoms with Gasteiger partial charge in [0.05, 0.1) is 35.5 Å². The molecule has 4 rings (SSSR count). The molecule has 0 aliphatic carbocycles. The van der Waals surface area contributed by atoms with Gasteiger partial charge in [0, 0.05) is 31.4 Å². The summed E-state index contributed by atoms with van der Waals surface area (Å²) in [7, 11) is 1.55. The number of rotatable bonds is 5. The van der Waals surface area contributed by atoms with Crippen molar-refractivity contribution < 1.29 is 14.6 Å². The summed E-state index contributed by atoms with van der Waals surface area (Å²) in [5.41, 5.74) is 3.00. The third-order valence-electron chi connectivity index (χ3n) is 5.08. The third-order valence-corrected chi connectivity index (χ3v) is 5.08. The van der Waals surface area contributed by atoms with E-state index in [1.807, 2.05) is 17.7 Å². The first kappa shape index (κ1) is 17.4. The van der Waals surface area contributed by atoms with E-state index >= 15 is 0 Å². The predicted octanol–water partition coefficient (Wildman–Crippen LogP) is 2.23. The highest BCUT2D eigenvalue weighted by Crippen LogP contribution is 2.30. The van der Waals surface area contributed by atoms with Gasteiger partial charge >= 0.3 is 0 Å². The van der Waals surface area contributed by atoms with E-state index in [1.165, 1.54) is 0 Å². The van der Waals surface area contributed by atoms with Crippen LogP contribution in [0, 0.1) is 0 Å². The molecule has 0 saturated carbocycles. The molecule has 8 heteroatoms. The lowest BCUT2D eigenvalue weighted by molar-refractivity contribution is 0.0949. The number of hydrogen-bond acceptors (Lipinski definition) is 5. The summed E-state index contributed by atoms with van der Waals surface area (Å²) < 4.78 is 9.02. The number of nitrogens with one attached hydrogen (secondary N) is 1. The predicted molar refractivity (Wildman–Crippen MR) is 100.0 cm³/mol. The molecule has 0 radical (unpaired) electrons. The van der Waals surface area contributed by atoms with E-state index in [2.05, 4.69) is 15.4 Å². The van der Waals surface area contributed by atoms with Crippen LogP contribution in [0.25, 0.3) is 10.9 Å². The average Bonchev–Trinajstić information content (AvgIpc) is 3.26. The number of amides is 1. The molecule has 0 saturated heterocycles. The van der Waals surface area contributed by atoms with Gasteiger partial charge < -0.3 is 19.7 Å². The first-order valence-corrected chi connectivity index (χ1v) is 9.21. The Bertz CT molecular complexity index is 1000. The number of pyridine rings is 1. The third kappa shape index (κ3) is 3.01. The van der Waals surface area contributed by atoms with Crippen molar-refractivity contribution in [3.63, 3.8) is 0 Å². The number of aromatic nitrogens is 4. The lowest BCUT2D eigenvalue weighted by Gasteiger charge is -2.14. The lowest BCUT2D eigenvalue weighted by atomic mass is 10.1. The van der Waals surface area contributed by atoms with Crippen molar-refractivity contribution in [1.29, 1.82) is 0 Å². The first-order chi connectivity index (χ1) is 13.1. The number of nitrogens with zero attached hydrogens (tertiary/aromatic N) is 4. The molecular weight excluding hydrogens is 346 g/mol. The van der Waals surface area contributed by atoms with Crippen molar-refractivity contribution in [2.45, 2.75) is 45.8 Å². The van der Waals surface area contributed by atoms with Crippen LogP contribution in [0.3, 0.4) is 0 Å². The normalized spacial score (nSPS) is 13.6. The maximum absolute atomic E-state index is 12.7. The van der Waals surface area contributed by atoms with Gasteiger partial charge in [-0.1, -0.05) is 0 Å². The van der Waals surface area contributed by atoms with Crippen LogP contribution in [-0.4, -0.2) is 37.5 Å². The molecule has 0 spiro atoms. The zero-order valence-corrected chi connectivity index (χ0v) is 15.5. The van der Waals surface area contributed by atoms with E-state index in [9.17, 15) is 9.90 Å². The number of aryl methyl sites for hydroxylation is 2. The molecule has 142 valence electrons. The minimum Gasteiger partial charge on any atom is -0.494 e. The smallest absolute Gasteiger partial charge is 0.255 e. The maximum atomic E-state index is 12.7. The molecule has 3 aromatic rings. The standard InChI is InChI=1S/C19H23N5O3/c1-3-23-11-15-13(19(23)26)8-12(18(22-15)27-2)9-20-17(25)14-10-21-24-7-5-4-6-16(14)24/h8,10-11,26H,3-7,9H2,1-2H3,(H,20,25). The monoisotopic (exact) mass is 369 g/mol. The van der Waals surface area contributed by atoms with E-state index in [-0.39, 0.29) is 18.3 Å². The molecule has 0 atom stereocenters. The fourth-order valence-electron chi connectivity index (χ4n) is 3.62. The molecule has 0 aromatic carbocycles. The molecule has 1 aliphatic rings. The van der Waals surface area contributed by atoms with Crippen LogP contribution < -0.4 is 10.1 Å². The second kappa shape index (κ2) is 6.94. The van der Waals surface area contributed by atoms with Crippen molar-refractivity contribution >= 4 is 16.8 Å². The van der Waals surface area contributed by atoms with Gasteiger partial charge in [-0.15, -0.1) is 0 Å². The Morgan fingerprint density at radius 3 is 3.04 bits per heavy atom. The van der Waals surface area contributed by atoms with Crippen LogP contribution >= 0.6 is 0 Å². The minimum atomic E-state index is -0.157. The molecule has 27 heavy (non-hydrogen) atoms. The molecule has 3 aromatic heterocycles. The van der Waals surface area contributed by atoms with Gasteiger partial charge in [-0.05, 0) is 32.3 Å². The molecule has 4 heterocycles. The van der Waals surface area contributed by atoms with Crippen molar-refractivity contribution in [2.75, 3.05) is 7.11 Å². The largest absolute Gasteiger partial charge is 0.494 e. The fourth-order valence-corrected chi connectivity index (χ4v) is 3.62. The summed E-state index contributed by atoms with van der Waals surface area (Å²) in [5, 5.41) is 18.2. The van der Waals surface area contributed by atoms with Crippen molar-refractivity contribution in [2.24, 2.45) is 0 Å². The quantitative estimate of drug-likeness (QED) is 0.719. The Balaban J connectivity index is 1.58. The van der Waals surface area contributed by atoms with Gasteiger partial charge in [-0.3, -0.25) is 9.48 Å². The molecule has 8 nitrogen and oxygen atoms in total. The van der Waals surface area contributed by atoms with E-state index in [4.69, 9.17) is 4.74 Å². The van der Waals surface area contributed by atoms with E-state index < -0.39 is 0 Å². The van der Waals surface area contributed by atoms with Gasteiger partial charge in [0.1, 0.15) is 0 Å². The van der Waals surface area contributed by atoms with E-state index in [1.54, 1.807) is 24.1 Å². The summed E-state index contributed by atoms with van der Waals surface area (Å²) >= 11 is 0. The number of carbonyl (C=O) groups is 1. The van der Waals surface area contributed by atoms with Crippen LogP contribution in [-0.2, 0) is 26.1 Å². The highest BCUT2D eigenvalue weighted by atomic mass is 16.5. The van der Waals surface area contributed by atoms with Crippen LogP contribution in [0.15, 0.2) is 18.5 Å². The zero-order valence-electron chi connectivity index (χ0n) is 15.5. The molecule has 2 N–H and O–H groups in total. The number of hydrogen-bond donors (Lipinski definition) is 2. The highest BCUT2D eigenvalue weighted by molar-refractivity contribution is 5.95. The second-order valence-corrected chi connectivity index (χ2v) is 6.70. The van der Waals surface area contributed by atoms with Gasteiger partial charge in [-0.2, -0.15) is 5.10 Å². The van der Waals surface area contributed by atoms with Crippen LogP contribution in [0.2, 0.25) is 0 Å². The van der Waals surface area contributed by atoms with Gasteiger partial charge in [0.2, 0.25) is 11.8 Å². The molecule has 0 fully saturated rings. The first-order valence-electron chi connectivity index (χ1n) is 9.21. The fraction of sp³-hybridized carbons (Fsp3) is 0.421. The zero-order chi connectivity index (χ0) is 19.0. The molecule has 1 amide bonds. The summed E-state index contributed by atoms with van der Waals surface area (Å²) in [5.74, 6) is 0.449. The highest BCUT2D eigenvalue weighted by Gasteiger charge is 2.20. The van der Waals surface area contributed by atoms with Crippen molar-refractivity contribution in [3.05, 3.63) is 35.3 Å². The van der Waals surface area contributed by atoms with E-state index in [0.29, 0.717) is 34.5 Å². The van der Waals surface area contributed by atoms with Crippen LogP contribution in [0.4, 0.5) is 0 Å². The summed E-state index contributed by atoms with van der Waals surface area (Å²) in [6.45, 7) is 3.71. The van der Waals surface area contributed by atoms with Gasteiger partial charge in [-0.25, -0.2) is 4.98 Å². The number of ether oxygens (including phenoxy) is 1. The average molecular weight is 369 g/mol. The summed E-state index contributed by atoms with van der Waals surface area (Å²) in [6.07, 6.45) is 6.47. The van der Waals surface area contributed by atoms with Gasteiger partial charge in [0.25, 0.3) is 5.91 Å². The Labute approximate surface area is 156 Å². The minimum absolute atomic E-state index is 0.157. The van der Waals surface area contributed by atoms with Crippen LogP contribution in [0.1, 0.15) is 41.4 Å². The Morgan fingerprint density at radius 1 is 1.41 bits per heavy atom. The van der Waals surface area contributed by atoms with Crippen molar-refractivity contribution in [3.8, 4) is 11.8 Å². The second-order valence-electron chi connectivity index (χ2n) is 6.70. The number of methoxy groups -OCH3 is 1. The van der Waals surface area contributed by atoms with Crippen LogP contribution in [0.5, 0.6) is 11.8 Å². The lowest BCUT2D eigenvalue weighted by Crippen LogP contribution is -2.25. The molecule has 0 bridgehead atoms. The van der Waals surface area contributed by atoms with Crippen molar-refractivity contribution in [1.82, 2.24) is 24.6 Å². The Hall–Kier alpha value is -3.03. The molecular formula is C19H23N5O3. The summed E-state index contributed by atoms with van der Waals surface area (Å²) in [6, 6.07) is 1.82. The van der Waals surface area contributed by atoms with Gasteiger partial charge in [0.15, 0.2) is 0 Å². The number of fused-ring (bicyclic) bond motifs is 2. The Morgan fingerprint density at radius 2 is 2.26 bits per heavy atom. The molecule has 0 unspecified atom stereocenters. The number of carbonyl (C=O) groups excluding carboxylic acids is 1.